The molecule has 2 aromatic rings. The van der Waals surface area contributed by atoms with Crippen LogP contribution >= 0.6 is 11.3 Å². The predicted octanol–water partition coefficient (Wildman–Crippen LogP) is 5.56. The number of nitrogens with one attached hydrogen (secondary N) is 1. The second kappa shape index (κ2) is 9.65. The number of benzene rings is 1. The van der Waals surface area contributed by atoms with E-state index < -0.39 is 5.60 Å². The van der Waals surface area contributed by atoms with Gasteiger partial charge in [0.2, 0.25) is 0 Å². The lowest BCUT2D eigenvalue weighted by molar-refractivity contribution is 0.0178. The van der Waals surface area contributed by atoms with E-state index in [0.717, 1.165) is 34.6 Å². The number of aryl methyl sites for hydroxylation is 1. The Kier molecular flexibility index (Phi) is 7.19. The van der Waals surface area contributed by atoms with Gasteiger partial charge in [-0.2, -0.15) is 0 Å². The molecule has 2 heterocycles. The van der Waals surface area contributed by atoms with Gasteiger partial charge < -0.3 is 15.0 Å². The minimum Gasteiger partial charge on any atom is -0.444 e. The zero-order valence-corrected chi connectivity index (χ0v) is 19.1. The molecule has 1 aromatic carbocycles. The highest BCUT2D eigenvalue weighted by molar-refractivity contribution is 7.13. The van der Waals surface area contributed by atoms with E-state index in [1.54, 1.807) is 4.90 Å². The molecule has 0 saturated carbocycles. The molecule has 0 aliphatic carbocycles. The zero-order valence-electron chi connectivity index (χ0n) is 18.3. The van der Waals surface area contributed by atoms with Crippen LogP contribution in [0, 0.1) is 12.8 Å². The van der Waals surface area contributed by atoms with Crippen molar-refractivity contribution in [2.45, 2.75) is 58.6 Å². The summed E-state index contributed by atoms with van der Waals surface area (Å²) in [6, 6.07) is 14.0. The summed E-state index contributed by atoms with van der Waals surface area (Å²) in [6.07, 6.45) is 2.46. The van der Waals surface area contributed by atoms with Crippen LogP contribution in [0.1, 0.15) is 66.2 Å². The van der Waals surface area contributed by atoms with Gasteiger partial charge in [-0.25, -0.2) is 4.79 Å². The van der Waals surface area contributed by atoms with Gasteiger partial charge in [-0.05, 0) is 70.6 Å². The third-order valence-corrected chi connectivity index (χ3v) is 6.31. The molecule has 6 heteroatoms. The standard InChI is InChI=1S/C24H32N2O3S/c1-17-10-11-21(30-17)22(27)25-20(19-8-6-5-7-9-19)16-18-12-14-26(15-13-18)23(28)29-24(2,3)4/h5-11,18,20H,12-16H2,1-4H3,(H,25,27). The molecule has 1 saturated heterocycles. The molecule has 3 rings (SSSR count). The molecule has 1 aromatic heterocycles. The number of hydrogen-bond acceptors (Lipinski definition) is 4. The minimum atomic E-state index is -0.475. The fourth-order valence-electron chi connectivity index (χ4n) is 3.76. The van der Waals surface area contributed by atoms with Crippen LogP contribution in [-0.4, -0.2) is 35.6 Å². The molecule has 30 heavy (non-hydrogen) atoms. The van der Waals surface area contributed by atoms with E-state index in [1.807, 2.05) is 58.0 Å². The van der Waals surface area contributed by atoms with Crippen molar-refractivity contribution in [3.8, 4) is 0 Å². The summed E-state index contributed by atoms with van der Waals surface area (Å²) < 4.78 is 5.50. The van der Waals surface area contributed by atoms with Crippen molar-refractivity contribution in [3.63, 3.8) is 0 Å². The molecular formula is C24H32N2O3S. The molecule has 1 atom stereocenters. The number of rotatable bonds is 5. The van der Waals surface area contributed by atoms with Gasteiger partial charge in [0.1, 0.15) is 5.60 Å². The van der Waals surface area contributed by atoms with Gasteiger partial charge in [-0.3, -0.25) is 4.79 Å². The maximum absolute atomic E-state index is 12.8. The Morgan fingerprint density at radius 3 is 2.37 bits per heavy atom. The lowest BCUT2D eigenvalue weighted by Gasteiger charge is -2.35. The monoisotopic (exact) mass is 428 g/mol. The first-order chi connectivity index (χ1) is 14.2. The molecule has 162 valence electrons. The Morgan fingerprint density at radius 2 is 1.80 bits per heavy atom. The average molecular weight is 429 g/mol. The fraction of sp³-hybridized carbons (Fsp3) is 0.500. The smallest absolute Gasteiger partial charge is 0.410 e. The lowest BCUT2D eigenvalue weighted by atomic mass is 9.87. The van der Waals surface area contributed by atoms with Gasteiger partial charge in [0.15, 0.2) is 0 Å². The third kappa shape index (κ3) is 6.33. The normalized spacial score (nSPS) is 16.2. The number of nitrogens with zero attached hydrogens (tertiary/aromatic N) is 1. The summed E-state index contributed by atoms with van der Waals surface area (Å²) in [7, 11) is 0. The molecular weight excluding hydrogens is 396 g/mol. The quantitative estimate of drug-likeness (QED) is 0.678. The maximum Gasteiger partial charge on any atom is 0.410 e. The minimum absolute atomic E-state index is 0.0202. The lowest BCUT2D eigenvalue weighted by Crippen LogP contribution is -2.42. The molecule has 1 fully saturated rings. The van der Waals surface area contributed by atoms with Gasteiger partial charge in [0.25, 0.3) is 5.91 Å². The fourth-order valence-corrected chi connectivity index (χ4v) is 4.53. The van der Waals surface area contributed by atoms with Crippen molar-refractivity contribution in [3.05, 3.63) is 57.8 Å². The summed E-state index contributed by atoms with van der Waals surface area (Å²) >= 11 is 1.52. The number of likely N-dealkylation sites (tertiary alicyclic amines) is 1. The van der Waals surface area contributed by atoms with Crippen LogP contribution in [0.25, 0.3) is 0 Å². The molecule has 2 amide bonds. The van der Waals surface area contributed by atoms with Gasteiger partial charge in [-0.15, -0.1) is 11.3 Å². The Bertz CT molecular complexity index is 849. The largest absolute Gasteiger partial charge is 0.444 e. The Labute approximate surface area is 183 Å². The molecule has 1 unspecified atom stereocenters. The highest BCUT2D eigenvalue weighted by Gasteiger charge is 2.29. The van der Waals surface area contributed by atoms with E-state index in [4.69, 9.17) is 4.74 Å². The van der Waals surface area contributed by atoms with Crippen molar-refractivity contribution in [1.82, 2.24) is 10.2 Å². The predicted molar refractivity (Wildman–Crippen MR) is 121 cm³/mol. The Hall–Kier alpha value is -2.34. The first kappa shape index (κ1) is 22.3. The summed E-state index contributed by atoms with van der Waals surface area (Å²) in [4.78, 5) is 28.8. The molecule has 0 bridgehead atoms. The number of piperidine rings is 1. The highest BCUT2D eigenvalue weighted by Crippen LogP contribution is 2.30. The van der Waals surface area contributed by atoms with Crippen molar-refractivity contribution in [1.29, 1.82) is 0 Å². The van der Waals surface area contributed by atoms with Crippen LogP contribution in [0.4, 0.5) is 4.79 Å². The van der Waals surface area contributed by atoms with Crippen LogP contribution in [0.2, 0.25) is 0 Å². The highest BCUT2D eigenvalue weighted by atomic mass is 32.1. The second-order valence-electron chi connectivity index (χ2n) is 8.99. The van der Waals surface area contributed by atoms with E-state index in [0.29, 0.717) is 19.0 Å². The molecule has 5 nitrogen and oxygen atoms in total. The third-order valence-electron chi connectivity index (χ3n) is 5.31. The maximum atomic E-state index is 12.8. The van der Waals surface area contributed by atoms with Gasteiger partial charge in [0.05, 0.1) is 10.9 Å². The summed E-state index contributed by atoms with van der Waals surface area (Å²) in [5.41, 5.74) is 0.644. The van der Waals surface area contributed by atoms with E-state index >= 15 is 0 Å². The summed E-state index contributed by atoms with van der Waals surface area (Å²) in [5, 5.41) is 3.24. The number of thiophene rings is 1. The van der Waals surface area contributed by atoms with Gasteiger partial charge in [-0.1, -0.05) is 30.3 Å². The molecule has 1 aliphatic heterocycles. The molecule has 0 radical (unpaired) electrons. The Morgan fingerprint density at radius 1 is 1.13 bits per heavy atom. The van der Waals surface area contributed by atoms with Crippen molar-refractivity contribution < 1.29 is 14.3 Å². The van der Waals surface area contributed by atoms with E-state index in [9.17, 15) is 9.59 Å². The van der Waals surface area contributed by atoms with Crippen molar-refractivity contribution >= 4 is 23.3 Å². The first-order valence-corrected chi connectivity index (χ1v) is 11.4. The zero-order chi connectivity index (χ0) is 21.7. The molecule has 0 spiro atoms. The van der Waals surface area contributed by atoms with Crippen molar-refractivity contribution in [2.24, 2.45) is 5.92 Å². The Balaban J connectivity index is 1.62. The van der Waals surface area contributed by atoms with E-state index in [1.165, 1.54) is 11.3 Å². The average Bonchev–Trinajstić information content (AvgIpc) is 3.14. The summed E-state index contributed by atoms with van der Waals surface area (Å²) in [6.45, 7) is 9.06. The van der Waals surface area contributed by atoms with Crippen LogP contribution in [-0.2, 0) is 4.74 Å². The number of carbonyl (C=O) groups excluding carboxylic acids is 2. The summed E-state index contributed by atoms with van der Waals surface area (Å²) in [5.74, 6) is 0.424. The van der Waals surface area contributed by atoms with Gasteiger partial charge in [0, 0.05) is 18.0 Å². The number of carbonyl (C=O) groups is 2. The number of amides is 2. The second-order valence-corrected chi connectivity index (χ2v) is 10.3. The molecule has 1 aliphatic rings. The topological polar surface area (TPSA) is 58.6 Å². The number of hydrogen-bond donors (Lipinski definition) is 1. The number of ether oxygens (including phenoxy) is 1. The molecule has 1 N–H and O–H groups in total. The van der Waals surface area contributed by atoms with E-state index in [2.05, 4.69) is 17.4 Å². The van der Waals surface area contributed by atoms with Crippen LogP contribution < -0.4 is 5.32 Å². The van der Waals surface area contributed by atoms with Gasteiger partial charge >= 0.3 is 6.09 Å². The van der Waals surface area contributed by atoms with Crippen molar-refractivity contribution in [2.75, 3.05) is 13.1 Å². The van der Waals surface area contributed by atoms with E-state index in [-0.39, 0.29) is 18.0 Å². The SMILES string of the molecule is Cc1ccc(C(=O)NC(CC2CCN(C(=O)OC(C)(C)C)CC2)c2ccccc2)s1. The van der Waals surface area contributed by atoms with Crippen LogP contribution in [0.3, 0.4) is 0 Å². The first-order valence-electron chi connectivity index (χ1n) is 10.6. The van der Waals surface area contributed by atoms with Crippen LogP contribution in [0.15, 0.2) is 42.5 Å². The van der Waals surface area contributed by atoms with Crippen LogP contribution in [0.5, 0.6) is 0 Å².